The summed E-state index contributed by atoms with van der Waals surface area (Å²) >= 11 is 1.76. The SMILES string of the molecule is COc1ccc(N(c2ccc(C)cc2)c2ccc(Sc3ccc(N(c4ccc(C)cc4)c4ccc(OC)cc4)cc3)cc2)cc1. The van der Waals surface area contributed by atoms with Crippen LogP contribution in [-0.4, -0.2) is 14.2 Å². The Morgan fingerprint density at radius 1 is 0.356 bits per heavy atom. The van der Waals surface area contributed by atoms with Crippen molar-refractivity contribution in [3.8, 4) is 11.5 Å². The molecule has 4 nitrogen and oxygen atoms in total. The molecule has 45 heavy (non-hydrogen) atoms. The smallest absolute Gasteiger partial charge is 0.119 e. The number of hydrogen-bond donors (Lipinski definition) is 0. The minimum Gasteiger partial charge on any atom is -0.497 e. The van der Waals surface area contributed by atoms with Crippen LogP contribution in [0.4, 0.5) is 34.1 Å². The summed E-state index contributed by atoms with van der Waals surface area (Å²) in [7, 11) is 3.38. The zero-order valence-corrected chi connectivity index (χ0v) is 26.8. The Kier molecular flexibility index (Phi) is 9.09. The number of anilines is 6. The van der Waals surface area contributed by atoms with Gasteiger partial charge in [0, 0.05) is 43.9 Å². The van der Waals surface area contributed by atoms with Gasteiger partial charge in [0.15, 0.2) is 0 Å². The van der Waals surface area contributed by atoms with Crippen LogP contribution < -0.4 is 19.3 Å². The maximum absolute atomic E-state index is 5.40. The number of ether oxygens (including phenoxy) is 2. The van der Waals surface area contributed by atoms with Gasteiger partial charge in [0.1, 0.15) is 11.5 Å². The van der Waals surface area contributed by atoms with Gasteiger partial charge in [0.05, 0.1) is 14.2 Å². The van der Waals surface area contributed by atoms with E-state index in [-0.39, 0.29) is 0 Å². The average Bonchev–Trinajstić information content (AvgIpc) is 3.09. The molecule has 0 aliphatic carbocycles. The van der Waals surface area contributed by atoms with Crippen molar-refractivity contribution in [2.75, 3.05) is 24.0 Å². The monoisotopic (exact) mass is 608 g/mol. The third kappa shape index (κ3) is 7.00. The maximum Gasteiger partial charge on any atom is 0.119 e. The molecule has 0 saturated carbocycles. The molecular formula is C40H36N2O2S. The van der Waals surface area contributed by atoms with E-state index in [9.17, 15) is 0 Å². The Hall–Kier alpha value is -5.13. The Morgan fingerprint density at radius 3 is 0.867 bits per heavy atom. The van der Waals surface area contributed by atoms with Crippen LogP contribution in [0.25, 0.3) is 0 Å². The van der Waals surface area contributed by atoms with Crippen LogP contribution in [0.5, 0.6) is 11.5 Å². The van der Waals surface area contributed by atoms with E-state index >= 15 is 0 Å². The predicted molar refractivity (Wildman–Crippen MR) is 189 cm³/mol. The van der Waals surface area contributed by atoms with Crippen LogP contribution in [0, 0.1) is 13.8 Å². The summed E-state index contributed by atoms with van der Waals surface area (Å²) in [6.45, 7) is 4.22. The Bertz CT molecular complexity index is 1680. The molecule has 0 aliphatic heterocycles. The number of hydrogen-bond acceptors (Lipinski definition) is 5. The molecule has 0 bridgehead atoms. The van der Waals surface area contributed by atoms with Crippen molar-refractivity contribution in [3.05, 3.63) is 157 Å². The lowest BCUT2D eigenvalue weighted by Gasteiger charge is -2.26. The van der Waals surface area contributed by atoms with Crippen molar-refractivity contribution in [1.29, 1.82) is 0 Å². The fourth-order valence-corrected chi connectivity index (χ4v) is 6.02. The molecule has 0 fully saturated rings. The van der Waals surface area contributed by atoms with Crippen LogP contribution in [0.15, 0.2) is 155 Å². The molecule has 6 aromatic rings. The van der Waals surface area contributed by atoms with Crippen LogP contribution in [0.3, 0.4) is 0 Å². The van der Waals surface area contributed by atoms with E-state index in [0.29, 0.717) is 0 Å². The molecule has 0 N–H and O–H groups in total. The van der Waals surface area contributed by atoms with Gasteiger partial charge in [-0.15, -0.1) is 0 Å². The fourth-order valence-electron chi connectivity index (χ4n) is 5.21. The molecule has 0 unspecified atom stereocenters. The predicted octanol–water partition coefficient (Wildman–Crippen LogP) is 11.4. The highest BCUT2D eigenvalue weighted by molar-refractivity contribution is 7.99. The minimum atomic E-state index is 0.839. The number of rotatable bonds is 10. The minimum absolute atomic E-state index is 0.839. The van der Waals surface area contributed by atoms with E-state index in [0.717, 1.165) is 45.6 Å². The normalized spacial score (nSPS) is 10.8. The molecular weight excluding hydrogens is 573 g/mol. The molecule has 0 radical (unpaired) electrons. The summed E-state index contributed by atoms with van der Waals surface area (Å²) < 4.78 is 10.8. The van der Waals surface area contributed by atoms with Gasteiger partial charge in [-0.3, -0.25) is 0 Å². The molecule has 0 spiro atoms. The molecule has 0 aliphatic rings. The molecule has 5 heteroatoms. The Morgan fingerprint density at radius 2 is 0.600 bits per heavy atom. The molecule has 0 atom stereocenters. The highest BCUT2D eigenvalue weighted by Gasteiger charge is 2.15. The van der Waals surface area contributed by atoms with E-state index in [1.54, 1.807) is 26.0 Å². The zero-order valence-electron chi connectivity index (χ0n) is 26.0. The van der Waals surface area contributed by atoms with Gasteiger partial charge >= 0.3 is 0 Å². The molecule has 6 aromatic carbocycles. The van der Waals surface area contributed by atoms with Crippen molar-refractivity contribution in [2.24, 2.45) is 0 Å². The standard InChI is InChI=1S/C40H36N2O2S/c1-29-5-9-31(10-6-29)41(33-13-21-37(43-3)22-14-33)35-17-25-39(26-18-35)45-40-27-19-36(20-28-40)42(32-11-7-30(2)8-12-32)34-15-23-38(44-4)24-16-34/h5-28H,1-4H3. The lowest BCUT2D eigenvalue weighted by molar-refractivity contribution is 0.414. The van der Waals surface area contributed by atoms with Crippen LogP contribution >= 0.6 is 11.8 Å². The first-order valence-electron chi connectivity index (χ1n) is 14.9. The van der Waals surface area contributed by atoms with Crippen LogP contribution in [0.1, 0.15) is 11.1 Å². The van der Waals surface area contributed by atoms with Gasteiger partial charge in [-0.05, 0) is 135 Å². The van der Waals surface area contributed by atoms with Crippen molar-refractivity contribution < 1.29 is 9.47 Å². The quantitative estimate of drug-likeness (QED) is 0.154. The third-order valence-electron chi connectivity index (χ3n) is 7.67. The summed E-state index contributed by atoms with van der Waals surface area (Å²) in [6, 6.07) is 51.1. The first kappa shape index (κ1) is 29.9. The summed E-state index contributed by atoms with van der Waals surface area (Å²) in [4.78, 5) is 6.88. The van der Waals surface area contributed by atoms with E-state index in [4.69, 9.17) is 9.47 Å². The van der Waals surface area contributed by atoms with Gasteiger partial charge in [-0.2, -0.15) is 0 Å². The second-order valence-corrected chi connectivity index (χ2v) is 12.0. The molecule has 224 valence electrons. The summed E-state index contributed by atoms with van der Waals surface area (Å²) in [5, 5.41) is 0. The molecule has 6 rings (SSSR count). The van der Waals surface area contributed by atoms with Crippen molar-refractivity contribution >= 4 is 45.9 Å². The van der Waals surface area contributed by atoms with Crippen molar-refractivity contribution in [1.82, 2.24) is 0 Å². The van der Waals surface area contributed by atoms with Gasteiger partial charge in [-0.25, -0.2) is 0 Å². The topological polar surface area (TPSA) is 24.9 Å². The van der Waals surface area contributed by atoms with Crippen LogP contribution in [-0.2, 0) is 0 Å². The van der Waals surface area contributed by atoms with Crippen molar-refractivity contribution in [2.45, 2.75) is 23.6 Å². The third-order valence-corrected chi connectivity index (χ3v) is 8.69. The number of benzene rings is 6. The second kappa shape index (κ2) is 13.7. The average molecular weight is 609 g/mol. The lowest BCUT2D eigenvalue weighted by Crippen LogP contribution is -2.10. The van der Waals surface area contributed by atoms with Gasteiger partial charge in [-0.1, -0.05) is 47.2 Å². The highest BCUT2D eigenvalue weighted by Crippen LogP contribution is 2.39. The molecule has 0 amide bonds. The van der Waals surface area contributed by atoms with Crippen LogP contribution in [0.2, 0.25) is 0 Å². The maximum atomic E-state index is 5.40. The molecule has 0 aromatic heterocycles. The molecule has 0 saturated heterocycles. The van der Waals surface area contributed by atoms with E-state index in [1.165, 1.54) is 20.9 Å². The summed E-state index contributed by atoms with van der Waals surface area (Å²) in [5.74, 6) is 1.68. The second-order valence-electron chi connectivity index (χ2n) is 10.8. The molecule has 0 heterocycles. The van der Waals surface area contributed by atoms with Gasteiger partial charge in [0.25, 0.3) is 0 Å². The first-order valence-corrected chi connectivity index (χ1v) is 15.7. The highest BCUT2D eigenvalue weighted by atomic mass is 32.2. The lowest BCUT2D eigenvalue weighted by atomic mass is 10.1. The fraction of sp³-hybridized carbons (Fsp3) is 0.100. The van der Waals surface area contributed by atoms with E-state index < -0.39 is 0 Å². The zero-order chi connectivity index (χ0) is 31.2. The summed E-state index contributed by atoms with van der Waals surface area (Å²) in [6.07, 6.45) is 0. The largest absolute Gasteiger partial charge is 0.497 e. The van der Waals surface area contributed by atoms with E-state index in [2.05, 4.69) is 145 Å². The van der Waals surface area contributed by atoms with Gasteiger partial charge in [0.2, 0.25) is 0 Å². The Labute approximate surface area is 270 Å². The van der Waals surface area contributed by atoms with Gasteiger partial charge < -0.3 is 19.3 Å². The first-order chi connectivity index (χ1) is 22.0. The van der Waals surface area contributed by atoms with E-state index in [1.807, 2.05) is 24.3 Å². The number of aryl methyl sites for hydroxylation is 2. The van der Waals surface area contributed by atoms with Crippen molar-refractivity contribution in [3.63, 3.8) is 0 Å². The Balaban J connectivity index is 1.24. The number of methoxy groups -OCH3 is 2. The number of nitrogens with zero attached hydrogens (tertiary/aromatic N) is 2. The summed E-state index contributed by atoms with van der Waals surface area (Å²) in [5.41, 5.74) is 9.02.